The minimum Gasteiger partial charge on any atom is -0.655 e. The normalized spacial score (nSPS) is 11.0. The SMILES string of the molecule is Fc1cc(-c2ncn(-c3ccc(OC(F)(F)F)cc3)n2)ccc1[N-]c1ccccc1.[Rh]. The van der Waals surface area contributed by atoms with Gasteiger partial charge < -0.3 is 10.1 Å². The van der Waals surface area contributed by atoms with Crippen LogP contribution in [0.1, 0.15) is 0 Å². The first-order valence-corrected chi connectivity index (χ1v) is 8.72. The molecule has 0 N–H and O–H groups in total. The van der Waals surface area contributed by atoms with Crippen molar-refractivity contribution in [2.45, 2.75) is 6.36 Å². The summed E-state index contributed by atoms with van der Waals surface area (Å²) in [7, 11) is 0. The van der Waals surface area contributed by atoms with E-state index >= 15 is 0 Å². The van der Waals surface area contributed by atoms with Gasteiger partial charge in [0.2, 0.25) is 0 Å². The minimum absolute atomic E-state index is 0. The Bertz CT molecular complexity index is 1150. The molecule has 0 aliphatic heterocycles. The third-order valence-corrected chi connectivity index (χ3v) is 4.04. The van der Waals surface area contributed by atoms with E-state index in [4.69, 9.17) is 0 Å². The average Bonchev–Trinajstić information content (AvgIpc) is 3.20. The predicted octanol–water partition coefficient (Wildman–Crippen LogP) is 6.31. The summed E-state index contributed by atoms with van der Waals surface area (Å²) >= 11 is 0. The van der Waals surface area contributed by atoms with Crippen LogP contribution in [-0.2, 0) is 19.5 Å². The second-order valence-electron chi connectivity index (χ2n) is 6.17. The van der Waals surface area contributed by atoms with Gasteiger partial charge in [0.05, 0.1) is 5.69 Å². The fourth-order valence-electron chi connectivity index (χ4n) is 2.70. The molecule has 0 fully saturated rings. The number of aromatic nitrogens is 3. The molecule has 1 aromatic heterocycles. The largest absolute Gasteiger partial charge is 0.655 e. The van der Waals surface area contributed by atoms with Crippen molar-refractivity contribution in [3.05, 3.63) is 90.3 Å². The average molecular weight is 516 g/mol. The minimum atomic E-state index is -4.76. The molecule has 4 rings (SSSR count). The van der Waals surface area contributed by atoms with Crippen molar-refractivity contribution in [1.29, 1.82) is 0 Å². The zero-order valence-electron chi connectivity index (χ0n) is 15.5. The Balaban J connectivity index is 0.00000272. The van der Waals surface area contributed by atoms with E-state index in [-0.39, 0.29) is 36.7 Å². The molecule has 1 heterocycles. The summed E-state index contributed by atoms with van der Waals surface area (Å²) in [6.07, 6.45) is -3.37. The summed E-state index contributed by atoms with van der Waals surface area (Å²) in [5.41, 5.74) is 1.73. The molecule has 1 radical (unpaired) electrons. The number of alkyl halides is 3. The van der Waals surface area contributed by atoms with Crippen molar-refractivity contribution < 1.29 is 41.8 Å². The van der Waals surface area contributed by atoms with Gasteiger partial charge in [-0.1, -0.05) is 48.2 Å². The van der Waals surface area contributed by atoms with Crippen LogP contribution in [0.25, 0.3) is 22.4 Å². The first-order chi connectivity index (χ1) is 14.4. The van der Waals surface area contributed by atoms with Crippen molar-refractivity contribution in [1.82, 2.24) is 14.8 Å². The fraction of sp³-hybridized carbons (Fsp3) is 0.0476. The quantitative estimate of drug-likeness (QED) is 0.231. The van der Waals surface area contributed by atoms with E-state index in [2.05, 4.69) is 20.1 Å². The predicted molar refractivity (Wildman–Crippen MR) is 103 cm³/mol. The van der Waals surface area contributed by atoms with Crippen LogP contribution in [0.3, 0.4) is 0 Å². The fourth-order valence-corrected chi connectivity index (χ4v) is 2.70. The van der Waals surface area contributed by atoms with Crippen molar-refractivity contribution in [2.75, 3.05) is 0 Å². The summed E-state index contributed by atoms with van der Waals surface area (Å²) in [6, 6.07) is 18.6. The van der Waals surface area contributed by atoms with E-state index in [0.717, 1.165) is 0 Å². The number of hydrogen-bond acceptors (Lipinski definition) is 3. The molecule has 0 spiro atoms. The van der Waals surface area contributed by atoms with Gasteiger partial charge in [-0.05, 0) is 30.3 Å². The van der Waals surface area contributed by atoms with Gasteiger partial charge in [-0.3, -0.25) is 0 Å². The number of rotatable bonds is 5. The maximum Gasteiger partial charge on any atom is 0.573 e. The van der Waals surface area contributed by atoms with Crippen LogP contribution >= 0.6 is 0 Å². The van der Waals surface area contributed by atoms with Crippen LogP contribution in [0.2, 0.25) is 0 Å². The molecule has 31 heavy (non-hydrogen) atoms. The second-order valence-corrected chi connectivity index (χ2v) is 6.17. The van der Waals surface area contributed by atoms with E-state index < -0.39 is 12.2 Å². The molecule has 0 aliphatic carbocycles. The number of para-hydroxylation sites is 1. The molecule has 3 aromatic carbocycles. The molecule has 5 nitrogen and oxygen atoms in total. The molecule has 161 valence electrons. The van der Waals surface area contributed by atoms with Gasteiger partial charge in [0, 0.05) is 25.0 Å². The number of halogens is 4. The first kappa shape index (κ1) is 22.4. The molecule has 4 aromatic rings. The van der Waals surface area contributed by atoms with Crippen LogP contribution in [0.4, 0.5) is 28.9 Å². The van der Waals surface area contributed by atoms with E-state index in [9.17, 15) is 17.6 Å². The Morgan fingerprint density at radius 1 is 0.903 bits per heavy atom. The molecule has 0 bridgehead atoms. The Hall–Kier alpha value is -3.26. The Morgan fingerprint density at radius 2 is 1.61 bits per heavy atom. The molecular formula is C21H13F4N4ORh-. The van der Waals surface area contributed by atoms with Gasteiger partial charge in [-0.2, -0.15) is 0 Å². The van der Waals surface area contributed by atoms with E-state index in [1.54, 1.807) is 18.2 Å². The van der Waals surface area contributed by atoms with E-state index in [1.807, 2.05) is 18.2 Å². The summed E-state index contributed by atoms with van der Waals surface area (Å²) in [5, 5.41) is 8.50. The third kappa shape index (κ3) is 5.67. The molecule has 0 amide bonds. The van der Waals surface area contributed by atoms with Gasteiger partial charge in [-0.25, -0.2) is 14.1 Å². The molecule has 0 saturated heterocycles. The third-order valence-electron chi connectivity index (χ3n) is 4.04. The number of nitrogens with zero attached hydrogens (tertiary/aromatic N) is 4. The molecule has 0 aliphatic rings. The van der Waals surface area contributed by atoms with Crippen molar-refractivity contribution >= 4 is 11.4 Å². The van der Waals surface area contributed by atoms with Gasteiger partial charge in [-0.15, -0.1) is 24.0 Å². The van der Waals surface area contributed by atoms with Gasteiger partial charge in [0.25, 0.3) is 0 Å². The van der Waals surface area contributed by atoms with Crippen molar-refractivity contribution in [2.24, 2.45) is 0 Å². The standard InChI is InChI=1S/C21H13F4N4O.Rh/c22-18-12-14(6-11-19(18)27-15-4-2-1-3-5-15)20-26-13-29(28-20)16-7-9-17(10-8-16)30-21(23,24)25;/h1-13H;/q-1;. The first-order valence-electron chi connectivity index (χ1n) is 8.72. The maximum absolute atomic E-state index is 14.5. The molecule has 10 heteroatoms. The monoisotopic (exact) mass is 516 g/mol. The summed E-state index contributed by atoms with van der Waals surface area (Å²) in [4.78, 5) is 4.14. The van der Waals surface area contributed by atoms with E-state index in [0.29, 0.717) is 16.9 Å². The topological polar surface area (TPSA) is 54.0 Å². The summed E-state index contributed by atoms with van der Waals surface area (Å²) in [5.74, 6) is -0.608. The van der Waals surface area contributed by atoms with Crippen molar-refractivity contribution in [3.63, 3.8) is 0 Å². The van der Waals surface area contributed by atoms with Crippen molar-refractivity contribution in [3.8, 4) is 22.8 Å². The van der Waals surface area contributed by atoms with E-state index in [1.165, 1.54) is 47.4 Å². The molecule has 0 saturated carbocycles. The van der Waals surface area contributed by atoms with Crippen LogP contribution in [-0.4, -0.2) is 21.1 Å². The zero-order valence-corrected chi connectivity index (χ0v) is 17.2. The molecule has 0 unspecified atom stereocenters. The molecular weight excluding hydrogens is 503 g/mol. The zero-order chi connectivity index (χ0) is 21.1. The van der Waals surface area contributed by atoms with Gasteiger partial charge >= 0.3 is 6.36 Å². The van der Waals surface area contributed by atoms with Crippen LogP contribution in [0, 0.1) is 5.82 Å². The molecule has 0 atom stereocenters. The van der Waals surface area contributed by atoms with Crippen LogP contribution in [0.15, 0.2) is 79.1 Å². The smallest absolute Gasteiger partial charge is 0.573 e. The van der Waals surface area contributed by atoms with Gasteiger partial charge in [0.1, 0.15) is 17.9 Å². The Labute approximate surface area is 187 Å². The number of hydrogen-bond donors (Lipinski definition) is 0. The maximum atomic E-state index is 14.5. The number of benzene rings is 3. The summed E-state index contributed by atoms with van der Waals surface area (Å²) < 4.78 is 56.4. The Kier molecular flexibility index (Phi) is 6.70. The van der Waals surface area contributed by atoms with Crippen LogP contribution < -0.4 is 4.74 Å². The Morgan fingerprint density at radius 3 is 2.26 bits per heavy atom. The number of ether oxygens (including phenoxy) is 1. The second kappa shape index (κ2) is 9.26. The van der Waals surface area contributed by atoms with Gasteiger partial charge in [0.15, 0.2) is 5.82 Å². The summed E-state index contributed by atoms with van der Waals surface area (Å²) in [6.45, 7) is 0. The van der Waals surface area contributed by atoms with Crippen LogP contribution in [0.5, 0.6) is 5.75 Å².